The molecular formula is C13H17NO8. The Morgan fingerprint density at radius 1 is 1.00 bits per heavy atom. The van der Waals surface area contributed by atoms with Crippen LogP contribution in [0.3, 0.4) is 0 Å². The minimum atomic E-state index is -2.06. The van der Waals surface area contributed by atoms with Crippen LogP contribution in [0.4, 0.5) is 5.69 Å². The number of amides is 1. The SMILES string of the molecule is O=C(O)c1ccc(NC(=O)C(O)C(O)C(O)C(O)CO)cc1. The van der Waals surface area contributed by atoms with Crippen molar-refractivity contribution in [3.8, 4) is 0 Å². The number of aliphatic hydroxyl groups is 5. The molecule has 4 atom stereocenters. The molecule has 1 aromatic rings. The summed E-state index contributed by atoms with van der Waals surface area (Å²) in [5.41, 5.74) is 0.165. The number of hydrogen-bond acceptors (Lipinski definition) is 7. The summed E-state index contributed by atoms with van der Waals surface area (Å²) in [4.78, 5) is 22.4. The third kappa shape index (κ3) is 4.48. The van der Waals surface area contributed by atoms with Gasteiger partial charge in [0.05, 0.1) is 12.2 Å². The average Bonchev–Trinajstić information content (AvgIpc) is 2.52. The molecule has 0 bridgehead atoms. The molecule has 0 radical (unpaired) electrons. The summed E-state index contributed by atoms with van der Waals surface area (Å²) < 4.78 is 0. The van der Waals surface area contributed by atoms with E-state index < -0.39 is 42.9 Å². The van der Waals surface area contributed by atoms with Crippen molar-refractivity contribution in [2.24, 2.45) is 0 Å². The van der Waals surface area contributed by atoms with Gasteiger partial charge in [-0.05, 0) is 24.3 Å². The Bertz CT molecular complexity index is 517. The Hall–Kier alpha value is -2.04. The smallest absolute Gasteiger partial charge is 0.335 e. The molecular weight excluding hydrogens is 298 g/mol. The third-order valence-electron chi connectivity index (χ3n) is 2.92. The second-order valence-corrected chi connectivity index (χ2v) is 4.55. The molecule has 4 unspecified atom stereocenters. The third-order valence-corrected chi connectivity index (χ3v) is 2.92. The second kappa shape index (κ2) is 7.82. The molecule has 0 saturated carbocycles. The van der Waals surface area contributed by atoms with E-state index in [1.807, 2.05) is 0 Å². The molecule has 0 aliphatic heterocycles. The van der Waals surface area contributed by atoms with Gasteiger partial charge in [0.15, 0.2) is 6.10 Å². The fourth-order valence-corrected chi connectivity index (χ4v) is 1.59. The molecule has 0 fully saturated rings. The number of aliphatic hydroxyl groups excluding tert-OH is 5. The van der Waals surface area contributed by atoms with Crippen molar-refractivity contribution in [3.63, 3.8) is 0 Å². The van der Waals surface area contributed by atoms with Crippen molar-refractivity contribution in [3.05, 3.63) is 29.8 Å². The van der Waals surface area contributed by atoms with Gasteiger partial charge in [0.1, 0.15) is 18.3 Å². The van der Waals surface area contributed by atoms with E-state index in [4.69, 9.17) is 15.3 Å². The number of carboxylic acid groups (broad SMARTS) is 1. The Balaban J connectivity index is 2.69. The van der Waals surface area contributed by atoms with Gasteiger partial charge in [0.25, 0.3) is 5.91 Å². The van der Waals surface area contributed by atoms with E-state index >= 15 is 0 Å². The van der Waals surface area contributed by atoms with Crippen LogP contribution in [0.2, 0.25) is 0 Å². The van der Waals surface area contributed by atoms with Gasteiger partial charge in [-0.2, -0.15) is 0 Å². The number of carbonyl (C=O) groups is 2. The maximum atomic E-state index is 11.7. The molecule has 0 heterocycles. The molecule has 9 heteroatoms. The van der Waals surface area contributed by atoms with Crippen LogP contribution in [0.5, 0.6) is 0 Å². The van der Waals surface area contributed by atoms with Crippen molar-refractivity contribution in [2.45, 2.75) is 24.4 Å². The highest BCUT2D eigenvalue weighted by Crippen LogP contribution is 2.12. The van der Waals surface area contributed by atoms with Gasteiger partial charge in [-0.1, -0.05) is 0 Å². The van der Waals surface area contributed by atoms with E-state index in [9.17, 15) is 24.9 Å². The van der Waals surface area contributed by atoms with E-state index in [-0.39, 0.29) is 11.3 Å². The van der Waals surface area contributed by atoms with E-state index in [1.54, 1.807) is 0 Å². The monoisotopic (exact) mass is 315 g/mol. The average molecular weight is 315 g/mol. The van der Waals surface area contributed by atoms with Crippen LogP contribution < -0.4 is 5.32 Å². The maximum absolute atomic E-state index is 11.7. The number of rotatable bonds is 7. The van der Waals surface area contributed by atoms with Gasteiger partial charge >= 0.3 is 5.97 Å². The van der Waals surface area contributed by atoms with Gasteiger partial charge in [0.2, 0.25) is 0 Å². The molecule has 1 aromatic carbocycles. The number of carboxylic acids is 1. The fourth-order valence-electron chi connectivity index (χ4n) is 1.59. The molecule has 1 rings (SSSR count). The summed E-state index contributed by atoms with van der Waals surface area (Å²) in [5.74, 6) is -2.21. The maximum Gasteiger partial charge on any atom is 0.335 e. The number of carbonyl (C=O) groups excluding carboxylic acids is 1. The summed E-state index contributed by atoms with van der Waals surface area (Å²) in [6.07, 6.45) is -7.71. The van der Waals surface area contributed by atoms with Gasteiger partial charge < -0.3 is 36.0 Å². The topological polar surface area (TPSA) is 168 Å². The lowest BCUT2D eigenvalue weighted by Crippen LogP contribution is -2.50. The molecule has 7 N–H and O–H groups in total. The number of hydrogen-bond donors (Lipinski definition) is 7. The van der Waals surface area contributed by atoms with Crippen LogP contribution in [0.15, 0.2) is 24.3 Å². The summed E-state index contributed by atoms with van der Waals surface area (Å²) in [5, 5.41) is 57.2. The number of benzene rings is 1. The minimum Gasteiger partial charge on any atom is -0.478 e. The van der Waals surface area contributed by atoms with Gasteiger partial charge in [-0.3, -0.25) is 4.79 Å². The minimum absolute atomic E-state index is 0.0000671. The van der Waals surface area contributed by atoms with Gasteiger partial charge in [-0.15, -0.1) is 0 Å². The first-order chi connectivity index (χ1) is 10.3. The molecule has 0 aliphatic carbocycles. The normalized spacial score (nSPS) is 16.4. The lowest BCUT2D eigenvalue weighted by molar-refractivity contribution is -0.144. The van der Waals surface area contributed by atoms with Crippen molar-refractivity contribution in [1.29, 1.82) is 0 Å². The highest BCUT2D eigenvalue weighted by molar-refractivity contribution is 5.95. The van der Waals surface area contributed by atoms with E-state index in [1.165, 1.54) is 24.3 Å². The van der Waals surface area contributed by atoms with Crippen molar-refractivity contribution in [2.75, 3.05) is 11.9 Å². The van der Waals surface area contributed by atoms with Crippen molar-refractivity contribution in [1.82, 2.24) is 0 Å². The zero-order chi connectivity index (χ0) is 16.9. The molecule has 0 aliphatic rings. The molecule has 1 amide bonds. The molecule has 0 saturated heterocycles. The summed E-state index contributed by atoms with van der Waals surface area (Å²) in [6.45, 7) is -0.858. The Morgan fingerprint density at radius 2 is 1.55 bits per heavy atom. The fraction of sp³-hybridized carbons (Fsp3) is 0.385. The van der Waals surface area contributed by atoms with Gasteiger partial charge in [-0.25, -0.2) is 4.79 Å². The van der Waals surface area contributed by atoms with Crippen molar-refractivity contribution >= 4 is 17.6 Å². The van der Waals surface area contributed by atoms with Crippen LogP contribution >= 0.6 is 0 Å². The first kappa shape index (κ1) is 18.0. The quantitative estimate of drug-likeness (QED) is 0.296. The largest absolute Gasteiger partial charge is 0.478 e. The predicted octanol–water partition coefficient (Wildman–Crippen LogP) is -2.24. The molecule has 122 valence electrons. The Labute approximate surface area is 125 Å². The van der Waals surface area contributed by atoms with Crippen LogP contribution in [-0.4, -0.2) is 73.5 Å². The Kier molecular flexibility index (Phi) is 6.40. The number of nitrogens with one attached hydrogen (secondary N) is 1. The van der Waals surface area contributed by atoms with Crippen LogP contribution in [0.1, 0.15) is 10.4 Å². The van der Waals surface area contributed by atoms with Crippen LogP contribution in [-0.2, 0) is 4.79 Å². The zero-order valence-electron chi connectivity index (χ0n) is 11.3. The first-order valence-electron chi connectivity index (χ1n) is 6.25. The molecule has 9 nitrogen and oxygen atoms in total. The summed E-state index contributed by atoms with van der Waals surface area (Å²) in [7, 11) is 0. The van der Waals surface area contributed by atoms with E-state index in [0.29, 0.717) is 0 Å². The van der Waals surface area contributed by atoms with Crippen LogP contribution in [0.25, 0.3) is 0 Å². The first-order valence-corrected chi connectivity index (χ1v) is 6.25. The lowest BCUT2D eigenvalue weighted by Gasteiger charge is -2.24. The standard InChI is InChI=1S/C13H17NO8/c15-5-8(16)9(17)10(18)11(19)12(20)14-7-3-1-6(2-4-7)13(21)22/h1-4,8-11,15-19H,5H2,(H,14,20)(H,21,22). The second-order valence-electron chi connectivity index (χ2n) is 4.55. The summed E-state index contributed by atoms with van der Waals surface area (Å²) in [6, 6.07) is 5.01. The highest BCUT2D eigenvalue weighted by Gasteiger charge is 2.34. The van der Waals surface area contributed by atoms with E-state index in [2.05, 4.69) is 5.32 Å². The molecule has 0 spiro atoms. The van der Waals surface area contributed by atoms with Crippen molar-refractivity contribution < 1.29 is 40.2 Å². The van der Waals surface area contributed by atoms with Crippen LogP contribution in [0, 0.1) is 0 Å². The zero-order valence-corrected chi connectivity index (χ0v) is 11.3. The highest BCUT2D eigenvalue weighted by atomic mass is 16.4. The lowest BCUT2D eigenvalue weighted by atomic mass is 10.0. The Morgan fingerprint density at radius 3 is 2.00 bits per heavy atom. The summed E-state index contributed by atoms with van der Waals surface area (Å²) >= 11 is 0. The van der Waals surface area contributed by atoms with Gasteiger partial charge in [0, 0.05) is 5.69 Å². The number of anilines is 1. The molecule has 0 aromatic heterocycles. The number of aromatic carboxylic acids is 1. The predicted molar refractivity (Wildman–Crippen MR) is 73.1 cm³/mol. The molecule has 22 heavy (non-hydrogen) atoms. The van der Waals surface area contributed by atoms with E-state index in [0.717, 1.165) is 0 Å².